The predicted octanol–water partition coefficient (Wildman–Crippen LogP) is 3.24. The standard InChI is InChI=1S/C14H18N2OS/c1-10(2)17-12-6-4-11(5-7-12)14(15-3)13-8-18-9-16-13/h4-10,14-15H,1-3H3. The second kappa shape index (κ2) is 5.98. The summed E-state index contributed by atoms with van der Waals surface area (Å²) in [6.45, 7) is 4.05. The van der Waals surface area contributed by atoms with Crippen molar-refractivity contribution in [3.8, 4) is 5.75 Å². The van der Waals surface area contributed by atoms with Gasteiger partial charge in [-0.2, -0.15) is 0 Å². The van der Waals surface area contributed by atoms with Crippen LogP contribution < -0.4 is 10.1 Å². The summed E-state index contributed by atoms with van der Waals surface area (Å²) in [6.07, 6.45) is 0.203. The molecule has 1 aromatic heterocycles. The zero-order valence-corrected chi connectivity index (χ0v) is 11.7. The minimum atomic E-state index is 0.143. The highest BCUT2D eigenvalue weighted by atomic mass is 32.1. The van der Waals surface area contributed by atoms with E-state index in [9.17, 15) is 0 Å². The lowest BCUT2D eigenvalue weighted by Gasteiger charge is -2.15. The van der Waals surface area contributed by atoms with E-state index in [1.165, 1.54) is 5.56 Å². The van der Waals surface area contributed by atoms with Crippen molar-refractivity contribution in [1.82, 2.24) is 10.3 Å². The zero-order chi connectivity index (χ0) is 13.0. The number of rotatable bonds is 5. The van der Waals surface area contributed by atoms with Crippen LogP contribution in [0, 0.1) is 0 Å². The second-order valence-corrected chi connectivity index (χ2v) is 5.09. The number of aromatic nitrogens is 1. The smallest absolute Gasteiger partial charge is 0.119 e. The molecular weight excluding hydrogens is 244 g/mol. The van der Waals surface area contributed by atoms with Gasteiger partial charge in [0.15, 0.2) is 0 Å². The van der Waals surface area contributed by atoms with Gasteiger partial charge in [0.1, 0.15) is 5.75 Å². The van der Waals surface area contributed by atoms with Gasteiger partial charge in [-0.25, -0.2) is 4.98 Å². The van der Waals surface area contributed by atoms with Crippen molar-refractivity contribution in [2.45, 2.75) is 26.0 Å². The Morgan fingerprint density at radius 2 is 1.94 bits per heavy atom. The van der Waals surface area contributed by atoms with Crippen molar-refractivity contribution >= 4 is 11.3 Å². The van der Waals surface area contributed by atoms with Gasteiger partial charge in [0.2, 0.25) is 0 Å². The van der Waals surface area contributed by atoms with Crippen LogP contribution in [0.4, 0.5) is 0 Å². The number of hydrogen-bond acceptors (Lipinski definition) is 4. The first-order valence-electron chi connectivity index (χ1n) is 6.02. The van der Waals surface area contributed by atoms with Crippen LogP contribution in [0.25, 0.3) is 0 Å². The van der Waals surface area contributed by atoms with E-state index in [0.717, 1.165) is 11.4 Å². The maximum atomic E-state index is 5.64. The first kappa shape index (κ1) is 13.1. The molecule has 0 radical (unpaired) electrons. The van der Waals surface area contributed by atoms with Crippen LogP contribution >= 0.6 is 11.3 Å². The van der Waals surface area contributed by atoms with Gasteiger partial charge in [-0.05, 0) is 38.6 Å². The molecule has 1 atom stereocenters. The van der Waals surface area contributed by atoms with Gasteiger partial charge in [-0.15, -0.1) is 11.3 Å². The van der Waals surface area contributed by atoms with Crippen molar-refractivity contribution in [2.75, 3.05) is 7.05 Å². The molecule has 1 unspecified atom stereocenters. The highest BCUT2D eigenvalue weighted by Gasteiger charge is 2.13. The fourth-order valence-electron chi connectivity index (χ4n) is 1.86. The normalized spacial score (nSPS) is 12.7. The lowest BCUT2D eigenvalue weighted by molar-refractivity contribution is 0.242. The zero-order valence-electron chi connectivity index (χ0n) is 10.9. The van der Waals surface area contributed by atoms with Crippen molar-refractivity contribution in [3.05, 3.63) is 46.4 Å². The summed E-state index contributed by atoms with van der Waals surface area (Å²) >= 11 is 1.61. The Morgan fingerprint density at radius 3 is 2.44 bits per heavy atom. The fraction of sp³-hybridized carbons (Fsp3) is 0.357. The van der Waals surface area contributed by atoms with Gasteiger partial charge in [0.05, 0.1) is 23.4 Å². The Balaban J connectivity index is 2.17. The average Bonchev–Trinajstić information content (AvgIpc) is 2.85. The van der Waals surface area contributed by atoms with E-state index in [1.54, 1.807) is 11.3 Å². The van der Waals surface area contributed by atoms with Crippen LogP contribution in [0.15, 0.2) is 35.2 Å². The van der Waals surface area contributed by atoms with Crippen LogP contribution in [0.3, 0.4) is 0 Å². The maximum Gasteiger partial charge on any atom is 0.119 e. The number of nitrogens with one attached hydrogen (secondary N) is 1. The number of ether oxygens (including phenoxy) is 1. The molecule has 2 aromatic rings. The van der Waals surface area contributed by atoms with E-state index in [1.807, 2.05) is 38.5 Å². The molecular formula is C14H18N2OS. The minimum Gasteiger partial charge on any atom is -0.491 e. The van der Waals surface area contributed by atoms with Crippen molar-refractivity contribution in [1.29, 1.82) is 0 Å². The molecule has 0 aliphatic carbocycles. The molecule has 0 aliphatic rings. The van der Waals surface area contributed by atoms with Crippen molar-refractivity contribution in [3.63, 3.8) is 0 Å². The molecule has 0 aliphatic heterocycles. The number of thiazole rings is 1. The van der Waals surface area contributed by atoms with Crippen LogP contribution in [0.5, 0.6) is 5.75 Å². The van der Waals surface area contributed by atoms with Gasteiger partial charge in [0.25, 0.3) is 0 Å². The monoisotopic (exact) mass is 262 g/mol. The molecule has 0 saturated heterocycles. The van der Waals surface area contributed by atoms with Crippen molar-refractivity contribution < 1.29 is 4.74 Å². The third-order valence-corrected chi connectivity index (χ3v) is 3.23. The molecule has 4 heteroatoms. The summed E-state index contributed by atoms with van der Waals surface area (Å²) in [6, 6.07) is 8.32. The van der Waals surface area contributed by atoms with Crippen molar-refractivity contribution in [2.24, 2.45) is 0 Å². The Kier molecular flexibility index (Phi) is 4.33. The predicted molar refractivity (Wildman–Crippen MR) is 75.2 cm³/mol. The summed E-state index contributed by atoms with van der Waals surface area (Å²) in [4.78, 5) is 4.36. The molecule has 1 heterocycles. The summed E-state index contributed by atoms with van der Waals surface area (Å²) < 4.78 is 5.64. The van der Waals surface area contributed by atoms with Gasteiger partial charge >= 0.3 is 0 Å². The average molecular weight is 262 g/mol. The lowest BCUT2D eigenvalue weighted by atomic mass is 10.0. The largest absolute Gasteiger partial charge is 0.491 e. The molecule has 0 fully saturated rings. The SMILES string of the molecule is CNC(c1ccc(OC(C)C)cc1)c1cscn1. The molecule has 2 rings (SSSR count). The van der Waals surface area contributed by atoms with E-state index >= 15 is 0 Å². The van der Waals surface area contributed by atoms with Gasteiger partial charge in [0, 0.05) is 5.38 Å². The first-order valence-corrected chi connectivity index (χ1v) is 6.97. The quantitative estimate of drug-likeness (QED) is 0.898. The van der Waals surface area contributed by atoms with E-state index < -0.39 is 0 Å². The van der Waals surface area contributed by atoms with Gasteiger partial charge in [-0.1, -0.05) is 12.1 Å². The molecule has 0 saturated carbocycles. The fourth-order valence-corrected chi connectivity index (χ4v) is 2.44. The Bertz CT molecular complexity index is 465. The Labute approximate surface area is 112 Å². The molecule has 0 spiro atoms. The van der Waals surface area contributed by atoms with Gasteiger partial charge in [-0.3, -0.25) is 0 Å². The third kappa shape index (κ3) is 3.09. The summed E-state index contributed by atoms with van der Waals surface area (Å²) in [5, 5.41) is 5.35. The van der Waals surface area contributed by atoms with Crippen LogP contribution in [-0.4, -0.2) is 18.1 Å². The Hall–Kier alpha value is -1.39. The van der Waals surface area contributed by atoms with Gasteiger partial charge < -0.3 is 10.1 Å². The molecule has 0 bridgehead atoms. The minimum absolute atomic E-state index is 0.143. The highest BCUT2D eigenvalue weighted by Crippen LogP contribution is 2.24. The number of benzene rings is 1. The molecule has 18 heavy (non-hydrogen) atoms. The second-order valence-electron chi connectivity index (χ2n) is 4.37. The number of hydrogen-bond donors (Lipinski definition) is 1. The molecule has 1 N–H and O–H groups in total. The molecule has 1 aromatic carbocycles. The van der Waals surface area contributed by atoms with E-state index in [4.69, 9.17) is 4.74 Å². The summed E-state index contributed by atoms with van der Waals surface area (Å²) in [5.74, 6) is 0.905. The maximum absolute atomic E-state index is 5.64. The number of nitrogens with zero attached hydrogens (tertiary/aromatic N) is 1. The van der Waals surface area contributed by atoms with E-state index in [-0.39, 0.29) is 12.1 Å². The lowest BCUT2D eigenvalue weighted by Crippen LogP contribution is -2.17. The van der Waals surface area contributed by atoms with E-state index in [2.05, 4.69) is 27.8 Å². The van der Waals surface area contributed by atoms with E-state index in [0.29, 0.717) is 0 Å². The molecule has 96 valence electrons. The van der Waals surface area contributed by atoms with Crippen LogP contribution in [0.1, 0.15) is 31.1 Å². The Morgan fingerprint density at radius 1 is 1.22 bits per heavy atom. The summed E-state index contributed by atoms with van der Waals surface area (Å²) in [7, 11) is 1.95. The first-order chi connectivity index (χ1) is 8.70. The molecule has 3 nitrogen and oxygen atoms in total. The van der Waals surface area contributed by atoms with Crippen LogP contribution in [0.2, 0.25) is 0 Å². The highest BCUT2D eigenvalue weighted by molar-refractivity contribution is 7.07. The summed E-state index contributed by atoms with van der Waals surface area (Å²) in [5.41, 5.74) is 4.11. The third-order valence-electron chi connectivity index (χ3n) is 2.62. The van der Waals surface area contributed by atoms with Crippen LogP contribution in [-0.2, 0) is 0 Å². The topological polar surface area (TPSA) is 34.1 Å². The molecule has 0 amide bonds.